The summed E-state index contributed by atoms with van der Waals surface area (Å²) < 4.78 is 2.15. The Hall–Kier alpha value is -1.53. The van der Waals surface area contributed by atoms with Crippen molar-refractivity contribution in [3.05, 3.63) is 30.4 Å². The van der Waals surface area contributed by atoms with Crippen molar-refractivity contribution >= 4 is 21.5 Å². The van der Waals surface area contributed by atoms with Crippen LogP contribution in [0.5, 0.6) is 0 Å². The van der Waals surface area contributed by atoms with Gasteiger partial charge in [-0.3, -0.25) is 4.79 Å². The highest BCUT2D eigenvalue weighted by molar-refractivity contribution is 8.32. The average molecular weight is 375 g/mol. The molecule has 4 rings (SSSR count). The summed E-state index contributed by atoms with van der Waals surface area (Å²) in [7, 11) is -0.858. The minimum atomic E-state index is -0.858. The Morgan fingerprint density at radius 1 is 1.31 bits per heavy atom. The first-order valence-corrected chi connectivity index (χ1v) is 12.2. The van der Waals surface area contributed by atoms with Gasteiger partial charge in [0.05, 0.1) is 17.3 Å². The summed E-state index contributed by atoms with van der Waals surface area (Å²) >= 11 is 0. The Morgan fingerprint density at radius 2 is 2.00 bits per heavy atom. The van der Waals surface area contributed by atoms with Crippen LogP contribution in [0.2, 0.25) is 0 Å². The third-order valence-electron chi connectivity index (χ3n) is 5.92. The largest absolute Gasteiger partial charge is 0.344 e. The van der Waals surface area contributed by atoms with Crippen molar-refractivity contribution in [1.29, 1.82) is 0 Å². The third kappa shape index (κ3) is 2.83. The van der Waals surface area contributed by atoms with Crippen LogP contribution in [0.25, 0.3) is 5.52 Å². The predicted molar refractivity (Wildman–Crippen MR) is 108 cm³/mol. The van der Waals surface area contributed by atoms with Crippen LogP contribution in [0.15, 0.2) is 29.4 Å². The molecular formula is C20H30N4OS. The van der Waals surface area contributed by atoms with Crippen molar-refractivity contribution in [1.82, 2.24) is 20.0 Å². The quantitative estimate of drug-likeness (QED) is 0.865. The zero-order valence-corrected chi connectivity index (χ0v) is 17.2. The molecule has 1 aliphatic heterocycles. The van der Waals surface area contributed by atoms with Crippen molar-refractivity contribution in [2.45, 2.75) is 30.7 Å². The Morgan fingerprint density at radius 3 is 2.62 bits per heavy atom. The highest BCUT2D eigenvalue weighted by Crippen LogP contribution is 2.47. The van der Waals surface area contributed by atoms with Crippen LogP contribution in [-0.4, -0.2) is 47.1 Å². The normalized spacial score (nSPS) is 26.4. The lowest BCUT2D eigenvalue weighted by atomic mass is 9.61. The second-order valence-electron chi connectivity index (χ2n) is 9.10. The number of fused-ring (bicyclic) bond motifs is 3. The first-order chi connectivity index (χ1) is 12.2. The van der Waals surface area contributed by atoms with Gasteiger partial charge in [0.25, 0.3) is 0 Å². The molecule has 5 nitrogen and oxygen atoms in total. The van der Waals surface area contributed by atoms with Gasteiger partial charge in [-0.25, -0.2) is 15.0 Å². The van der Waals surface area contributed by atoms with E-state index in [0.717, 1.165) is 24.4 Å². The smallest absolute Gasteiger partial charge is 0.224 e. The van der Waals surface area contributed by atoms with Crippen LogP contribution in [0.1, 0.15) is 26.1 Å². The SMILES string of the molecule is CC(C)(NC(=O)C1C2CNCC1C2)c1ncc2c(S(C)(C)C)cccn12. The van der Waals surface area contributed by atoms with Crippen molar-refractivity contribution in [2.75, 3.05) is 31.9 Å². The summed E-state index contributed by atoms with van der Waals surface area (Å²) in [6, 6.07) is 4.29. The fourth-order valence-corrected chi connectivity index (χ4v) is 5.86. The van der Waals surface area contributed by atoms with Crippen molar-refractivity contribution in [3.8, 4) is 0 Å². The number of amides is 1. The molecule has 0 aromatic carbocycles. The summed E-state index contributed by atoms with van der Waals surface area (Å²) in [5.74, 6) is 2.24. The molecule has 2 bridgehead atoms. The minimum absolute atomic E-state index is 0.163. The van der Waals surface area contributed by atoms with Crippen LogP contribution in [-0.2, 0) is 10.3 Å². The number of rotatable bonds is 4. The summed E-state index contributed by atoms with van der Waals surface area (Å²) in [6.45, 7) is 6.06. The molecule has 2 unspecified atom stereocenters. The molecule has 2 fully saturated rings. The van der Waals surface area contributed by atoms with E-state index in [4.69, 9.17) is 4.98 Å². The first-order valence-electron chi connectivity index (χ1n) is 9.36. The minimum Gasteiger partial charge on any atom is -0.344 e. The van der Waals surface area contributed by atoms with Gasteiger partial charge >= 0.3 is 0 Å². The first kappa shape index (κ1) is 17.9. The van der Waals surface area contributed by atoms with Gasteiger partial charge in [-0.1, -0.05) is 0 Å². The maximum absolute atomic E-state index is 12.9. The maximum atomic E-state index is 12.9. The molecule has 0 spiro atoms. The molecule has 0 radical (unpaired) electrons. The predicted octanol–water partition coefficient (Wildman–Crippen LogP) is 2.59. The van der Waals surface area contributed by atoms with Crippen LogP contribution in [0.4, 0.5) is 0 Å². The molecule has 1 aliphatic carbocycles. The van der Waals surface area contributed by atoms with Gasteiger partial charge in [0.1, 0.15) is 5.82 Å². The topological polar surface area (TPSA) is 58.4 Å². The van der Waals surface area contributed by atoms with Gasteiger partial charge in [-0.2, -0.15) is 0 Å². The van der Waals surface area contributed by atoms with E-state index in [1.807, 2.05) is 6.20 Å². The van der Waals surface area contributed by atoms with E-state index in [0.29, 0.717) is 11.8 Å². The average Bonchev–Trinajstić information content (AvgIpc) is 2.98. The van der Waals surface area contributed by atoms with E-state index >= 15 is 0 Å². The molecule has 2 aromatic heterocycles. The molecular weight excluding hydrogens is 344 g/mol. The lowest BCUT2D eigenvalue weighted by Gasteiger charge is -2.49. The molecule has 3 heterocycles. The highest BCUT2D eigenvalue weighted by Gasteiger charge is 2.48. The molecule has 6 heteroatoms. The molecule has 1 amide bonds. The molecule has 1 saturated carbocycles. The number of nitrogens with one attached hydrogen (secondary N) is 2. The fourth-order valence-electron chi connectivity index (χ4n) is 4.60. The van der Waals surface area contributed by atoms with Gasteiger partial charge in [0.2, 0.25) is 5.91 Å². The second kappa shape index (κ2) is 5.99. The fraction of sp³-hybridized carbons (Fsp3) is 0.600. The van der Waals surface area contributed by atoms with Gasteiger partial charge in [-0.05, 0) is 76.1 Å². The van der Waals surface area contributed by atoms with Crippen LogP contribution < -0.4 is 10.6 Å². The lowest BCUT2D eigenvalue weighted by molar-refractivity contribution is -0.138. The molecule has 2 aromatic rings. The Kier molecular flexibility index (Phi) is 4.12. The zero-order valence-electron chi connectivity index (χ0n) is 16.4. The van der Waals surface area contributed by atoms with E-state index in [-0.39, 0.29) is 11.8 Å². The summed E-state index contributed by atoms with van der Waals surface area (Å²) in [6.07, 6.45) is 12.1. The zero-order chi connectivity index (χ0) is 18.7. The van der Waals surface area contributed by atoms with Gasteiger partial charge in [0, 0.05) is 17.0 Å². The number of nitrogens with zero attached hydrogens (tertiary/aromatic N) is 2. The number of hydrogen-bond donors (Lipinski definition) is 2. The summed E-state index contributed by atoms with van der Waals surface area (Å²) in [4.78, 5) is 19.0. The number of pyridine rings is 1. The van der Waals surface area contributed by atoms with Crippen molar-refractivity contribution in [2.24, 2.45) is 17.8 Å². The van der Waals surface area contributed by atoms with Gasteiger partial charge in [0.15, 0.2) is 0 Å². The maximum Gasteiger partial charge on any atom is 0.224 e. The number of piperidine rings is 2. The number of aromatic nitrogens is 2. The number of carbonyl (C=O) groups excluding carboxylic acids is 1. The molecule has 142 valence electrons. The monoisotopic (exact) mass is 374 g/mol. The van der Waals surface area contributed by atoms with E-state index in [2.05, 4.69) is 66.0 Å². The van der Waals surface area contributed by atoms with Crippen LogP contribution in [0.3, 0.4) is 0 Å². The van der Waals surface area contributed by atoms with E-state index in [9.17, 15) is 4.79 Å². The van der Waals surface area contributed by atoms with Crippen molar-refractivity contribution < 1.29 is 4.79 Å². The Bertz CT molecular complexity index is 837. The van der Waals surface area contributed by atoms with Gasteiger partial charge in [-0.15, -0.1) is 0 Å². The van der Waals surface area contributed by atoms with E-state index in [1.54, 1.807) is 0 Å². The second-order valence-corrected chi connectivity index (χ2v) is 13.2. The van der Waals surface area contributed by atoms with E-state index in [1.165, 1.54) is 11.3 Å². The standard InChI is InChI=1S/C20H30N4OS/c1-20(2,23-18(25)17-13-9-14(17)11-21-10-13)19-22-12-15-16(26(3,4)5)7-6-8-24(15)19/h6-8,12-14,17,21H,9-11H2,1-5H3,(H,23,25). The Labute approximate surface area is 157 Å². The lowest BCUT2D eigenvalue weighted by Crippen LogP contribution is -2.60. The Balaban J connectivity index is 1.63. The van der Waals surface area contributed by atoms with Crippen molar-refractivity contribution in [3.63, 3.8) is 0 Å². The molecule has 26 heavy (non-hydrogen) atoms. The van der Waals surface area contributed by atoms with E-state index < -0.39 is 15.6 Å². The molecule has 1 saturated heterocycles. The van der Waals surface area contributed by atoms with Crippen LogP contribution >= 0.6 is 10.0 Å². The number of hydrogen-bond acceptors (Lipinski definition) is 3. The molecule has 2 aliphatic rings. The highest BCUT2D eigenvalue weighted by atomic mass is 32.3. The molecule has 2 N–H and O–H groups in total. The summed E-state index contributed by atoms with van der Waals surface area (Å²) in [5, 5.41) is 6.71. The number of imidazole rings is 1. The van der Waals surface area contributed by atoms with Gasteiger partial charge < -0.3 is 15.0 Å². The number of carbonyl (C=O) groups is 1. The molecule has 2 atom stereocenters. The summed E-state index contributed by atoms with van der Waals surface area (Å²) in [5.41, 5.74) is 0.643. The van der Waals surface area contributed by atoms with Crippen LogP contribution in [0, 0.1) is 17.8 Å². The third-order valence-corrected chi connectivity index (χ3v) is 7.59.